The summed E-state index contributed by atoms with van der Waals surface area (Å²) < 4.78 is 30.1. The first-order valence-electron chi connectivity index (χ1n) is 9.07. The fraction of sp³-hybridized carbons (Fsp3) is 0.143. The molecule has 0 fully saturated rings. The van der Waals surface area contributed by atoms with Crippen LogP contribution in [0.25, 0.3) is 11.2 Å². The number of rotatable bonds is 5. The zero-order valence-corrected chi connectivity index (χ0v) is 17.3. The molecule has 1 aliphatic rings. The Morgan fingerprint density at radius 1 is 1.14 bits per heavy atom. The van der Waals surface area contributed by atoms with Gasteiger partial charge in [-0.2, -0.15) is 0 Å². The van der Waals surface area contributed by atoms with Crippen molar-refractivity contribution in [3.63, 3.8) is 0 Å². The van der Waals surface area contributed by atoms with E-state index in [0.29, 0.717) is 16.2 Å². The van der Waals surface area contributed by atoms with E-state index in [4.69, 9.17) is 11.6 Å². The normalized spacial score (nSPS) is 14.2. The van der Waals surface area contributed by atoms with Gasteiger partial charge in [0.1, 0.15) is 0 Å². The highest BCUT2D eigenvalue weighted by atomic mass is 35.5. The van der Waals surface area contributed by atoms with E-state index in [0.717, 1.165) is 23.4 Å². The molecule has 0 saturated heterocycles. The van der Waals surface area contributed by atoms with Crippen molar-refractivity contribution in [3.8, 4) is 0 Å². The van der Waals surface area contributed by atoms with Gasteiger partial charge < -0.3 is 0 Å². The van der Waals surface area contributed by atoms with E-state index in [1.807, 2.05) is 47.0 Å². The van der Waals surface area contributed by atoms with Gasteiger partial charge in [-0.3, -0.25) is 4.40 Å². The molecule has 0 atom stereocenters. The van der Waals surface area contributed by atoms with Gasteiger partial charge in [-0.15, -0.1) is 10.2 Å². The van der Waals surface area contributed by atoms with Gasteiger partial charge in [-0.05, 0) is 37.1 Å². The third-order valence-electron chi connectivity index (χ3n) is 4.76. The lowest BCUT2D eigenvalue weighted by molar-refractivity contribution is 0.581. The fourth-order valence-corrected chi connectivity index (χ4v) is 4.70. The van der Waals surface area contributed by atoms with Gasteiger partial charge in [0.05, 0.1) is 4.90 Å². The van der Waals surface area contributed by atoms with E-state index in [9.17, 15) is 8.42 Å². The standard InChI is InChI=1S/C21H19ClN4O2S/c1-15-18(22)11-6-12-19(15)29(27,28)23-14-17-10-7-13-26-20(24-25-21(17)26)16-8-4-2-3-5-9-16/h2-8,10-13,23H,9,14H2,1H3. The Hall–Kier alpha value is -2.74. The molecule has 0 bridgehead atoms. The number of sulfonamides is 1. The number of hydrogen-bond donors (Lipinski definition) is 1. The molecule has 2 aromatic heterocycles. The van der Waals surface area contributed by atoms with Gasteiger partial charge in [0.15, 0.2) is 11.5 Å². The maximum atomic E-state index is 12.8. The average molecular weight is 427 g/mol. The Balaban J connectivity index is 1.64. The molecule has 8 heteroatoms. The summed E-state index contributed by atoms with van der Waals surface area (Å²) in [6.07, 6.45) is 12.6. The van der Waals surface area contributed by atoms with Crippen LogP contribution in [0.5, 0.6) is 0 Å². The third kappa shape index (κ3) is 3.89. The summed E-state index contributed by atoms with van der Waals surface area (Å²) in [7, 11) is -3.72. The minimum atomic E-state index is -3.72. The van der Waals surface area contributed by atoms with E-state index >= 15 is 0 Å². The van der Waals surface area contributed by atoms with Crippen LogP contribution in [0.1, 0.15) is 23.4 Å². The minimum Gasteiger partial charge on any atom is -0.282 e. The number of pyridine rings is 1. The topological polar surface area (TPSA) is 76.4 Å². The first kappa shape index (κ1) is 19.6. The molecule has 0 saturated carbocycles. The van der Waals surface area contributed by atoms with Crippen LogP contribution in [0.3, 0.4) is 0 Å². The Kier molecular flexibility index (Phi) is 5.36. The number of nitrogens with one attached hydrogen (secondary N) is 1. The first-order valence-corrected chi connectivity index (χ1v) is 10.9. The molecule has 3 aromatic rings. The summed E-state index contributed by atoms with van der Waals surface area (Å²) in [6, 6.07) is 8.53. The minimum absolute atomic E-state index is 0.0929. The van der Waals surface area contributed by atoms with Crippen molar-refractivity contribution >= 4 is 32.8 Å². The van der Waals surface area contributed by atoms with Crippen molar-refractivity contribution in [1.29, 1.82) is 0 Å². The maximum absolute atomic E-state index is 12.8. The predicted octanol–water partition coefficient (Wildman–Crippen LogP) is 4.07. The van der Waals surface area contributed by atoms with Gasteiger partial charge in [0.2, 0.25) is 10.0 Å². The van der Waals surface area contributed by atoms with Crippen molar-refractivity contribution in [1.82, 2.24) is 19.3 Å². The molecule has 0 radical (unpaired) electrons. The second-order valence-corrected chi connectivity index (χ2v) is 8.79. The SMILES string of the molecule is Cc1c(Cl)cccc1S(=O)(=O)NCc1cccn2c(C3=CC=CC=CC3)nnc12. The predicted molar refractivity (Wildman–Crippen MR) is 114 cm³/mol. The van der Waals surface area contributed by atoms with E-state index < -0.39 is 10.0 Å². The van der Waals surface area contributed by atoms with Crippen LogP contribution in [0, 0.1) is 6.92 Å². The molecular formula is C21H19ClN4O2S. The van der Waals surface area contributed by atoms with Crippen LogP contribution in [0.15, 0.2) is 71.8 Å². The molecule has 0 unspecified atom stereocenters. The number of hydrogen-bond acceptors (Lipinski definition) is 4. The molecule has 0 aliphatic heterocycles. The summed E-state index contributed by atoms with van der Waals surface area (Å²) in [5.41, 5.74) is 2.90. The number of fused-ring (bicyclic) bond motifs is 1. The summed E-state index contributed by atoms with van der Waals surface area (Å²) in [5.74, 6) is 0.742. The van der Waals surface area contributed by atoms with Crippen LogP contribution in [0.2, 0.25) is 5.02 Å². The molecule has 6 nitrogen and oxygen atoms in total. The Morgan fingerprint density at radius 2 is 2.00 bits per heavy atom. The maximum Gasteiger partial charge on any atom is 0.241 e. The van der Waals surface area contributed by atoms with Crippen molar-refractivity contribution < 1.29 is 8.42 Å². The highest BCUT2D eigenvalue weighted by Gasteiger charge is 2.19. The van der Waals surface area contributed by atoms with Gasteiger partial charge in [0.25, 0.3) is 0 Å². The number of nitrogens with zero attached hydrogens (tertiary/aromatic N) is 3. The van der Waals surface area contributed by atoms with Crippen molar-refractivity contribution in [2.75, 3.05) is 0 Å². The summed E-state index contributed by atoms with van der Waals surface area (Å²) in [4.78, 5) is 0.168. The number of allylic oxidation sites excluding steroid dienone is 6. The molecule has 1 aliphatic carbocycles. The zero-order chi connectivity index (χ0) is 20.4. The van der Waals surface area contributed by atoms with Crippen molar-refractivity contribution in [3.05, 3.63) is 88.9 Å². The van der Waals surface area contributed by atoms with Crippen LogP contribution < -0.4 is 4.72 Å². The quantitative estimate of drug-likeness (QED) is 0.667. The van der Waals surface area contributed by atoms with E-state index in [1.165, 1.54) is 0 Å². The van der Waals surface area contributed by atoms with E-state index in [2.05, 4.69) is 21.0 Å². The van der Waals surface area contributed by atoms with Gasteiger partial charge in [0, 0.05) is 28.9 Å². The lowest BCUT2D eigenvalue weighted by Gasteiger charge is -2.11. The molecule has 1 aromatic carbocycles. The van der Waals surface area contributed by atoms with E-state index in [1.54, 1.807) is 25.1 Å². The van der Waals surface area contributed by atoms with Crippen molar-refractivity contribution in [2.45, 2.75) is 24.8 Å². The first-order chi connectivity index (χ1) is 14.0. The highest BCUT2D eigenvalue weighted by Crippen LogP contribution is 2.24. The summed E-state index contributed by atoms with van der Waals surface area (Å²) in [5, 5.41) is 9.04. The molecule has 148 valence electrons. The fourth-order valence-electron chi connectivity index (χ4n) is 3.20. The highest BCUT2D eigenvalue weighted by molar-refractivity contribution is 7.89. The zero-order valence-electron chi connectivity index (χ0n) is 15.7. The Labute approximate surface area is 174 Å². The van der Waals surface area contributed by atoms with Crippen molar-refractivity contribution in [2.24, 2.45) is 0 Å². The van der Waals surface area contributed by atoms with Crippen LogP contribution in [0.4, 0.5) is 0 Å². The number of aromatic nitrogens is 3. The summed E-state index contributed by atoms with van der Waals surface area (Å²) >= 11 is 6.07. The van der Waals surface area contributed by atoms with Crippen LogP contribution in [-0.2, 0) is 16.6 Å². The monoisotopic (exact) mass is 426 g/mol. The van der Waals surface area contributed by atoms with Crippen LogP contribution >= 0.6 is 11.6 Å². The second kappa shape index (κ2) is 7.94. The Bertz CT molecular complexity index is 1270. The number of benzene rings is 1. The molecule has 0 spiro atoms. The lowest BCUT2D eigenvalue weighted by atomic mass is 10.1. The average Bonchev–Trinajstić information content (AvgIpc) is 2.96. The molecular weight excluding hydrogens is 408 g/mol. The van der Waals surface area contributed by atoms with Gasteiger partial charge >= 0.3 is 0 Å². The van der Waals surface area contributed by atoms with Gasteiger partial charge in [-0.1, -0.05) is 54.1 Å². The third-order valence-corrected chi connectivity index (χ3v) is 6.71. The molecule has 2 heterocycles. The smallest absolute Gasteiger partial charge is 0.241 e. The largest absolute Gasteiger partial charge is 0.282 e. The summed E-state index contributed by atoms with van der Waals surface area (Å²) in [6.45, 7) is 1.78. The molecule has 29 heavy (non-hydrogen) atoms. The molecule has 4 rings (SSSR count). The lowest BCUT2D eigenvalue weighted by Crippen LogP contribution is -2.24. The second-order valence-electron chi connectivity index (χ2n) is 6.65. The number of halogens is 1. The molecule has 1 N–H and O–H groups in total. The van der Waals surface area contributed by atoms with Gasteiger partial charge in [-0.25, -0.2) is 13.1 Å². The molecule has 0 amide bonds. The van der Waals surface area contributed by atoms with E-state index in [-0.39, 0.29) is 11.4 Å². The Morgan fingerprint density at radius 3 is 2.86 bits per heavy atom. The van der Waals surface area contributed by atoms with Crippen LogP contribution in [-0.4, -0.2) is 23.0 Å².